The molecule has 4 nitrogen and oxygen atoms in total. The highest BCUT2D eigenvalue weighted by Gasteiger charge is 2.39. The molecule has 0 radical (unpaired) electrons. The summed E-state index contributed by atoms with van der Waals surface area (Å²) in [6, 6.07) is 0.252. The summed E-state index contributed by atoms with van der Waals surface area (Å²) in [5.74, 6) is 0.498. The van der Waals surface area contributed by atoms with Crippen molar-refractivity contribution in [2.45, 2.75) is 57.1 Å². The molecule has 1 heterocycles. The molecule has 2 fully saturated rings. The van der Waals surface area contributed by atoms with Crippen molar-refractivity contribution in [3.63, 3.8) is 0 Å². The second-order valence-corrected chi connectivity index (χ2v) is 5.54. The van der Waals surface area contributed by atoms with Crippen molar-refractivity contribution in [2.24, 2.45) is 11.7 Å². The normalized spacial score (nSPS) is 38.0. The van der Waals surface area contributed by atoms with E-state index in [1.54, 1.807) is 0 Å². The maximum Gasteiger partial charge on any atom is 0.252 e. The lowest BCUT2D eigenvalue weighted by atomic mass is 9.84. The Morgan fingerprint density at radius 2 is 2.18 bits per heavy atom. The predicted octanol–water partition coefficient (Wildman–Crippen LogP) is 1.19. The second-order valence-electron chi connectivity index (χ2n) is 5.54. The predicted molar refractivity (Wildman–Crippen MR) is 66.5 cm³/mol. The highest BCUT2D eigenvalue weighted by molar-refractivity contribution is 5.85. The first kappa shape index (κ1) is 12.8. The van der Waals surface area contributed by atoms with E-state index < -0.39 is 5.60 Å². The summed E-state index contributed by atoms with van der Waals surface area (Å²) in [7, 11) is 0. The molecule has 1 aliphatic heterocycles. The third-order valence-electron chi connectivity index (χ3n) is 4.23. The minimum absolute atomic E-state index is 0.0559. The van der Waals surface area contributed by atoms with E-state index in [1.807, 2.05) is 6.92 Å². The molecule has 3 unspecified atom stereocenters. The Balaban J connectivity index is 1.92. The Bertz CT molecular complexity index is 275. The second kappa shape index (κ2) is 5.36. The lowest BCUT2D eigenvalue weighted by Crippen LogP contribution is -2.52. The summed E-state index contributed by atoms with van der Waals surface area (Å²) >= 11 is 0. The summed E-state index contributed by atoms with van der Waals surface area (Å²) in [5.41, 5.74) is 5.17. The van der Waals surface area contributed by atoms with Crippen LogP contribution in [0.15, 0.2) is 0 Å². The molecule has 0 aromatic rings. The molecular formula is C13H24N2O2. The first-order chi connectivity index (χ1) is 8.15. The van der Waals surface area contributed by atoms with E-state index in [1.165, 1.54) is 12.8 Å². The fourth-order valence-corrected chi connectivity index (χ4v) is 2.96. The van der Waals surface area contributed by atoms with Gasteiger partial charge in [0, 0.05) is 12.6 Å². The van der Waals surface area contributed by atoms with E-state index in [-0.39, 0.29) is 11.9 Å². The maximum absolute atomic E-state index is 12.2. The first-order valence-corrected chi connectivity index (χ1v) is 6.81. The van der Waals surface area contributed by atoms with Gasteiger partial charge in [-0.05, 0) is 45.1 Å². The Labute approximate surface area is 103 Å². The van der Waals surface area contributed by atoms with Crippen molar-refractivity contribution in [3.05, 3.63) is 0 Å². The molecule has 1 aliphatic carbocycles. The zero-order valence-corrected chi connectivity index (χ0v) is 10.7. The number of carbonyl (C=O) groups excluding carboxylic acids is 1. The molecule has 2 rings (SSSR count). The van der Waals surface area contributed by atoms with Gasteiger partial charge in [0.1, 0.15) is 5.60 Å². The average molecular weight is 240 g/mol. The van der Waals surface area contributed by atoms with Crippen LogP contribution in [-0.4, -0.2) is 30.7 Å². The Hall–Kier alpha value is -0.610. The van der Waals surface area contributed by atoms with Crippen LogP contribution in [0.4, 0.5) is 0 Å². The lowest BCUT2D eigenvalue weighted by molar-refractivity contribution is -0.140. The summed E-state index contributed by atoms with van der Waals surface area (Å²) in [5, 5.41) is 3.16. The van der Waals surface area contributed by atoms with Crippen molar-refractivity contribution in [1.29, 1.82) is 0 Å². The molecule has 1 saturated carbocycles. The molecule has 1 saturated heterocycles. The molecule has 0 aromatic carbocycles. The summed E-state index contributed by atoms with van der Waals surface area (Å²) in [4.78, 5) is 12.2. The molecule has 1 amide bonds. The Morgan fingerprint density at radius 1 is 1.41 bits per heavy atom. The van der Waals surface area contributed by atoms with Crippen LogP contribution in [0, 0.1) is 5.92 Å². The smallest absolute Gasteiger partial charge is 0.252 e. The highest BCUT2D eigenvalue weighted by atomic mass is 16.5. The summed E-state index contributed by atoms with van der Waals surface area (Å²) < 4.78 is 5.57. The van der Waals surface area contributed by atoms with Gasteiger partial charge in [-0.3, -0.25) is 4.79 Å². The van der Waals surface area contributed by atoms with E-state index >= 15 is 0 Å². The van der Waals surface area contributed by atoms with Crippen LogP contribution in [0.1, 0.15) is 45.4 Å². The lowest BCUT2D eigenvalue weighted by Gasteiger charge is -2.34. The van der Waals surface area contributed by atoms with Gasteiger partial charge in [-0.1, -0.05) is 12.8 Å². The van der Waals surface area contributed by atoms with Crippen LogP contribution >= 0.6 is 0 Å². The van der Waals surface area contributed by atoms with Gasteiger partial charge in [-0.15, -0.1) is 0 Å². The van der Waals surface area contributed by atoms with Crippen LogP contribution < -0.4 is 11.1 Å². The van der Waals surface area contributed by atoms with E-state index in [0.29, 0.717) is 19.1 Å². The number of ether oxygens (including phenoxy) is 1. The molecule has 3 N–H and O–H groups in total. The van der Waals surface area contributed by atoms with Gasteiger partial charge >= 0.3 is 0 Å². The van der Waals surface area contributed by atoms with E-state index in [0.717, 1.165) is 25.7 Å². The molecular weight excluding hydrogens is 216 g/mol. The van der Waals surface area contributed by atoms with Crippen molar-refractivity contribution in [1.82, 2.24) is 5.32 Å². The van der Waals surface area contributed by atoms with Crippen LogP contribution in [0.3, 0.4) is 0 Å². The zero-order valence-electron chi connectivity index (χ0n) is 10.7. The largest absolute Gasteiger partial charge is 0.365 e. The number of rotatable bonds is 3. The van der Waals surface area contributed by atoms with E-state index in [9.17, 15) is 4.79 Å². The van der Waals surface area contributed by atoms with Crippen LogP contribution in [0.2, 0.25) is 0 Å². The highest BCUT2D eigenvalue weighted by Crippen LogP contribution is 2.28. The monoisotopic (exact) mass is 240 g/mol. The van der Waals surface area contributed by atoms with Gasteiger partial charge in [0.2, 0.25) is 0 Å². The van der Waals surface area contributed by atoms with Gasteiger partial charge in [-0.25, -0.2) is 0 Å². The summed E-state index contributed by atoms with van der Waals surface area (Å²) in [6.07, 6.45) is 6.44. The average Bonchev–Trinajstić information content (AvgIpc) is 2.78. The van der Waals surface area contributed by atoms with Crippen molar-refractivity contribution >= 4 is 5.91 Å². The van der Waals surface area contributed by atoms with Gasteiger partial charge in [-0.2, -0.15) is 0 Å². The molecule has 0 spiro atoms. The fraction of sp³-hybridized carbons (Fsp3) is 0.923. The van der Waals surface area contributed by atoms with Crippen LogP contribution in [-0.2, 0) is 9.53 Å². The zero-order chi connectivity index (χ0) is 12.3. The number of hydrogen-bond donors (Lipinski definition) is 2. The van der Waals surface area contributed by atoms with Crippen molar-refractivity contribution in [2.75, 3.05) is 13.2 Å². The van der Waals surface area contributed by atoms with E-state index in [2.05, 4.69) is 5.32 Å². The minimum atomic E-state index is -0.601. The number of nitrogens with one attached hydrogen (secondary N) is 1. The quantitative estimate of drug-likeness (QED) is 0.779. The van der Waals surface area contributed by atoms with Crippen LogP contribution in [0.5, 0.6) is 0 Å². The number of nitrogens with two attached hydrogens (primary N) is 1. The molecule has 0 aromatic heterocycles. The Morgan fingerprint density at radius 3 is 2.82 bits per heavy atom. The number of amides is 1. The molecule has 17 heavy (non-hydrogen) atoms. The molecule has 3 atom stereocenters. The fourth-order valence-electron chi connectivity index (χ4n) is 2.96. The summed E-state index contributed by atoms with van der Waals surface area (Å²) in [6.45, 7) is 3.27. The van der Waals surface area contributed by atoms with Gasteiger partial charge in [0.25, 0.3) is 5.91 Å². The number of carbonyl (C=O) groups is 1. The van der Waals surface area contributed by atoms with Gasteiger partial charge < -0.3 is 15.8 Å². The first-order valence-electron chi connectivity index (χ1n) is 6.81. The van der Waals surface area contributed by atoms with Crippen molar-refractivity contribution in [3.8, 4) is 0 Å². The SMILES string of the molecule is CC1(C(=O)NC2CCCCC2CN)CCCO1. The molecule has 2 aliphatic rings. The topological polar surface area (TPSA) is 64.4 Å². The Kier molecular flexibility index (Phi) is 4.05. The van der Waals surface area contributed by atoms with Gasteiger partial charge in [0.15, 0.2) is 0 Å². The van der Waals surface area contributed by atoms with Crippen molar-refractivity contribution < 1.29 is 9.53 Å². The number of hydrogen-bond acceptors (Lipinski definition) is 3. The minimum Gasteiger partial charge on any atom is -0.365 e. The molecule has 0 bridgehead atoms. The molecule has 98 valence electrons. The van der Waals surface area contributed by atoms with E-state index in [4.69, 9.17) is 10.5 Å². The van der Waals surface area contributed by atoms with Crippen LogP contribution in [0.25, 0.3) is 0 Å². The third kappa shape index (κ3) is 2.80. The maximum atomic E-state index is 12.2. The third-order valence-corrected chi connectivity index (χ3v) is 4.23. The standard InChI is InChI=1S/C13H24N2O2/c1-13(7-4-8-17-13)12(16)15-11-6-3-2-5-10(11)9-14/h10-11H,2-9,14H2,1H3,(H,15,16). The molecule has 4 heteroatoms. The van der Waals surface area contributed by atoms with Gasteiger partial charge in [0.05, 0.1) is 0 Å².